The Morgan fingerprint density at radius 3 is 2.90 bits per heavy atom. The predicted octanol–water partition coefficient (Wildman–Crippen LogP) is 2.40. The molecule has 2 N–H and O–H groups in total. The van der Waals surface area contributed by atoms with Crippen LogP contribution in [0.3, 0.4) is 0 Å². The van der Waals surface area contributed by atoms with Crippen molar-refractivity contribution in [2.75, 3.05) is 6.54 Å². The van der Waals surface area contributed by atoms with Crippen LogP contribution in [-0.4, -0.2) is 28.1 Å². The van der Waals surface area contributed by atoms with Crippen molar-refractivity contribution in [2.45, 2.75) is 39.2 Å². The van der Waals surface area contributed by atoms with Crippen molar-refractivity contribution >= 4 is 12.0 Å². The fourth-order valence-electron chi connectivity index (χ4n) is 1.67. The number of nitrogens with one attached hydrogen (secondary N) is 1. The molecule has 0 saturated carbocycles. The quantitative estimate of drug-likeness (QED) is 0.752. The van der Waals surface area contributed by atoms with Gasteiger partial charge in [0.1, 0.15) is 0 Å². The summed E-state index contributed by atoms with van der Waals surface area (Å²) in [6.07, 6.45) is 8.14. The number of amides is 1. The van der Waals surface area contributed by atoms with Gasteiger partial charge in [0.2, 0.25) is 5.91 Å². The summed E-state index contributed by atoms with van der Waals surface area (Å²) in [5.74, 6) is 0.335. The van der Waals surface area contributed by atoms with Crippen LogP contribution >= 0.6 is 0 Å². The molecule has 0 spiro atoms. The fraction of sp³-hybridized carbons (Fsp3) is 0.500. The number of rotatable bonds is 7. The summed E-state index contributed by atoms with van der Waals surface area (Å²) in [6.45, 7) is 6.24. The summed E-state index contributed by atoms with van der Waals surface area (Å²) in [4.78, 5) is 15.6. The van der Waals surface area contributed by atoms with Gasteiger partial charge in [-0.1, -0.05) is 19.9 Å². The number of hydrogen-bond acceptors (Lipinski definition) is 3. The van der Waals surface area contributed by atoms with Crippen molar-refractivity contribution in [1.29, 1.82) is 0 Å². The molecule has 0 aliphatic carbocycles. The molecule has 0 aliphatic rings. The highest BCUT2D eigenvalue weighted by molar-refractivity contribution is 5.91. The van der Waals surface area contributed by atoms with Gasteiger partial charge in [-0.15, -0.1) is 0 Å². The van der Waals surface area contributed by atoms with E-state index in [1.54, 1.807) is 25.4 Å². The van der Waals surface area contributed by atoms with E-state index in [0.29, 0.717) is 12.3 Å². The van der Waals surface area contributed by atoms with E-state index in [1.165, 1.54) is 6.08 Å². The molecule has 4 nitrogen and oxygen atoms in total. The van der Waals surface area contributed by atoms with Crippen LogP contribution in [0.4, 0.5) is 0 Å². The minimum Gasteiger partial charge on any atom is -0.388 e. The molecule has 4 heteroatoms. The highest BCUT2D eigenvalue weighted by Crippen LogP contribution is 2.15. The molecule has 1 rings (SSSR count). The van der Waals surface area contributed by atoms with Crippen LogP contribution in [0, 0.1) is 5.92 Å². The molecule has 0 bridgehead atoms. The molecule has 1 unspecified atom stereocenters. The third-order valence-corrected chi connectivity index (χ3v) is 3.02. The Hall–Kier alpha value is -1.68. The first-order valence-corrected chi connectivity index (χ1v) is 6.97. The lowest BCUT2D eigenvalue weighted by Crippen LogP contribution is -2.40. The van der Waals surface area contributed by atoms with Gasteiger partial charge in [0.25, 0.3) is 0 Å². The van der Waals surface area contributed by atoms with E-state index in [1.807, 2.05) is 12.1 Å². The summed E-state index contributed by atoms with van der Waals surface area (Å²) in [7, 11) is 0. The van der Waals surface area contributed by atoms with E-state index >= 15 is 0 Å². The van der Waals surface area contributed by atoms with E-state index in [2.05, 4.69) is 24.1 Å². The lowest BCUT2D eigenvalue weighted by Gasteiger charge is -2.24. The highest BCUT2D eigenvalue weighted by atomic mass is 16.3. The maximum Gasteiger partial charge on any atom is 0.244 e. The average Bonchev–Trinajstić information content (AvgIpc) is 2.42. The molecule has 110 valence electrons. The maximum atomic E-state index is 11.7. The summed E-state index contributed by atoms with van der Waals surface area (Å²) in [5.41, 5.74) is 0.0106. The van der Waals surface area contributed by atoms with Gasteiger partial charge < -0.3 is 10.4 Å². The average molecular weight is 276 g/mol. The van der Waals surface area contributed by atoms with E-state index in [-0.39, 0.29) is 12.5 Å². The third kappa shape index (κ3) is 7.04. The molecular formula is C16H24N2O2. The van der Waals surface area contributed by atoms with Crippen LogP contribution < -0.4 is 5.32 Å². The Morgan fingerprint density at radius 2 is 2.30 bits per heavy atom. The van der Waals surface area contributed by atoms with Gasteiger partial charge in [-0.2, -0.15) is 0 Å². The molecule has 1 aromatic heterocycles. The molecule has 0 saturated heterocycles. The van der Waals surface area contributed by atoms with Crippen molar-refractivity contribution in [1.82, 2.24) is 10.3 Å². The zero-order valence-corrected chi connectivity index (χ0v) is 12.5. The van der Waals surface area contributed by atoms with E-state index in [0.717, 1.165) is 12.0 Å². The van der Waals surface area contributed by atoms with Crippen molar-refractivity contribution in [3.05, 3.63) is 36.2 Å². The highest BCUT2D eigenvalue weighted by Gasteiger charge is 2.20. The fourth-order valence-corrected chi connectivity index (χ4v) is 1.67. The molecule has 0 aromatic carbocycles. The predicted molar refractivity (Wildman–Crippen MR) is 81.0 cm³/mol. The van der Waals surface area contributed by atoms with Crippen LogP contribution in [-0.2, 0) is 4.79 Å². The van der Waals surface area contributed by atoms with E-state index < -0.39 is 5.60 Å². The minimum atomic E-state index is -0.859. The molecule has 20 heavy (non-hydrogen) atoms. The lowest BCUT2D eigenvalue weighted by atomic mass is 9.95. The second kappa shape index (κ2) is 7.80. The first-order chi connectivity index (χ1) is 9.39. The topological polar surface area (TPSA) is 62.2 Å². The molecule has 1 heterocycles. The minimum absolute atomic E-state index is 0.210. The standard InChI is InChI=1S/C16H24N2O2/c1-13(2)8-9-16(3,20)12-18-15(19)7-6-14-5-4-10-17-11-14/h4-7,10-11,13,20H,8-9,12H2,1-3H3,(H,18,19). The summed E-state index contributed by atoms with van der Waals surface area (Å²) in [6, 6.07) is 3.68. The molecule has 0 radical (unpaired) electrons. The van der Waals surface area contributed by atoms with Crippen LogP contribution in [0.5, 0.6) is 0 Å². The smallest absolute Gasteiger partial charge is 0.244 e. The van der Waals surface area contributed by atoms with Crippen molar-refractivity contribution in [2.24, 2.45) is 5.92 Å². The Morgan fingerprint density at radius 1 is 1.55 bits per heavy atom. The lowest BCUT2D eigenvalue weighted by molar-refractivity contribution is -0.117. The number of aromatic nitrogens is 1. The second-order valence-corrected chi connectivity index (χ2v) is 5.77. The van der Waals surface area contributed by atoms with Crippen molar-refractivity contribution in [3.63, 3.8) is 0 Å². The summed E-state index contributed by atoms with van der Waals surface area (Å²) >= 11 is 0. The normalized spacial score (nSPS) is 14.4. The van der Waals surface area contributed by atoms with Gasteiger partial charge in [-0.25, -0.2) is 0 Å². The molecule has 0 aliphatic heterocycles. The number of carbonyl (C=O) groups is 1. The van der Waals surface area contributed by atoms with Gasteiger partial charge in [-0.3, -0.25) is 9.78 Å². The number of hydrogen-bond donors (Lipinski definition) is 2. The molecule has 1 atom stereocenters. The van der Waals surface area contributed by atoms with E-state index in [4.69, 9.17) is 0 Å². The van der Waals surface area contributed by atoms with Gasteiger partial charge in [0.15, 0.2) is 0 Å². The van der Waals surface area contributed by atoms with Gasteiger partial charge >= 0.3 is 0 Å². The Bertz CT molecular complexity index is 439. The molecule has 1 amide bonds. The third-order valence-electron chi connectivity index (χ3n) is 3.02. The number of nitrogens with zero attached hydrogens (tertiary/aromatic N) is 1. The summed E-state index contributed by atoms with van der Waals surface area (Å²) in [5, 5.41) is 12.9. The Labute approximate surface area is 120 Å². The van der Waals surface area contributed by atoms with Crippen molar-refractivity contribution < 1.29 is 9.90 Å². The first-order valence-electron chi connectivity index (χ1n) is 6.97. The second-order valence-electron chi connectivity index (χ2n) is 5.77. The van der Waals surface area contributed by atoms with Crippen LogP contribution in [0.1, 0.15) is 39.2 Å². The number of carbonyl (C=O) groups excluding carboxylic acids is 1. The Kier molecular flexibility index (Phi) is 6.39. The zero-order chi connectivity index (χ0) is 15.0. The SMILES string of the molecule is CC(C)CCC(C)(O)CNC(=O)C=Cc1cccnc1. The van der Waals surface area contributed by atoms with E-state index in [9.17, 15) is 9.90 Å². The first kappa shape index (κ1) is 16.4. The monoisotopic (exact) mass is 276 g/mol. The summed E-state index contributed by atoms with van der Waals surface area (Å²) < 4.78 is 0. The molecule has 1 aromatic rings. The van der Waals surface area contributed by atoms with Gasteiger partial charge in [0.05, 0.1) is 5.60 Å². The molecular weight excluding hydrogens is 252 g/mol. The Balaban J connectivity index is 2.37. The largest absolute Gasteiger partial charge is 0.388 e. The zero-order valence-electron chi connectivity index (χ0n) is 12.5. The maximum absolute atomic E-state index is 11.7. The molecule has 0 fully saturated rings. The van der Waals surface area contributed by atoms with Gasteiger partial charge in [-0.05, 0) is 43.4 Å². The van der Waals surface area contributed by atoms with Crippen LogP contribution in [0.15, 0.2) is 30.6 Å². The van der Waals surface area contributed by atoms with Crippen LogP contribution in [0.25, 0.3) is 6.08 Å². The number of aliphatic hydroxyl groups is 1. The van der Waals surface area contributed by atoms with Crippen LogP contribution in [0.2, 0.25) is 0 Å². The van der Waals surface area contributed by atoms with Crippen molar-refractivity contribution in [3.8, 4) is 0 Å². The number of pyridine rings is 1. The van der Waals surface area contributed by atoms with Gasteiger partial charge in [0, 0.05) is 25.0 Å².